The lowest BCUT2D eigenvalue weighted by atomic mass is 9.85. The summed E-state index contributed by atoms with van der Waals surface area (Å²) in [7, 11) is 0. The van der Waals surface area contributed by atoms with Crippen LogP contribution in [0.2, 0.25) is 0 Å². The molecule has 2 rings (SSSR count). The Morgan fingerprint density at radius 3 is 2.80 bits per heavy atom. The molecule has 2 aliphatic rings. The molecule has 0 aromatic rings. The molecule has 5 nitrogen and oxygen atoms in total. The van der Waals surface area contributed by atoms with Crippen LogP contribution in [0.3, 0.4) is 0 Å². The van der Waals surface area contributed by atoms with Crippen LogP contribution in [-0.4, -0.2) is 40.1 Å². The first-order chi connectivity index (χ1) is 7.00. The molecule has 0 aliphatic carbocycles. The van der Waals surface area contributed by atoms with Crippen molar-refractivity contribution < 1.29 is 14.7 Å². The summed E-state index contributed by atoms with van der Waals surface area (Å²) in [4.78, 5) is 25.0. The van der Waals surface area contributed by atoms with Crippen molar-refractivity contribution in [2.45, 2.75) is 38.5 Å². The molecule has 2 atom stereocenters. The molecule has 0 aromatic carbocycles. The van der Waals surface area contributed by atoms with Crippen molar-refractivity contribution >= 4 is 11.8 Å². The van der Waals surface area contributed by atoms with Gasteiger partial charge in [0.25, 0.3) is 5.91 Å². The van der Waals surface area contributed by atoms with Crippen LogP contribution in [0.15, 0.2) is 0 Å². The van der Waals surface area contributed by atoms with Gasteiger partial charge in [0.15, 0.2) is 11.8 Å². The van der Waals surface area contributed by atoms with Gasteiger partial charge in [-0.3, -0.25) is 9.59 Å². The second-order valence-electron chi connectivity index (χ2n) is 4.55. The Morgan fingerprint density at radius 1 is 1.67 bits per heavy atom. The van der Waals surface area contributed by atoms with Gasteiger partial charge in [0.05, 0.1) is 0 Å². The van der Waals surface area contributed by atoms with E-state index in [4.69, 9.17) is 0 Å². The number of aliphatic hydroxyl groups is 1. The topological polar surface area (TPSA) is 69.6 Å². The van der Waals surface area contributed by atoms with Crippen LogP contribution in [0.4, 0.5) is 0 Å². The van der Waals surface area contributed by atoms with Gasteiger partial charge in [0.2, 0.25) is 5.91 Å². The monoisotopic (exact) mass is 212 g/mol. The molecule has 1 spiro atoms. The van der Waals surface area contributed by atoms with E-state index in [1.54, 1.807) is 18.7 Å². The predicted octanol–water partition coefficient (Wildman–Crippen LogP) is -0.548. The standard InChI is InChI=1S/C10H16N2O3/c1-6(2)7(13)12-5-3-4-10(12)8(14)11-9(10)15/h6,8,14H,3-5H2,1-2H3,(H,11,15). The minimum Gasteiger partial charge on any atom is -0.371 e. The molecular weight excluding hydrogens is 196 g/mol. The van der Waals surface area contributed by atoms with E-state index >= 15 is 0 Å². The number of aliphatic hydroxyl groups excluding tert-OH is 1. The molecule has 0 saturated carbocycles. The Hall–Kier alpha value is -1.10. The van der Waals surface area contributed by atoms with Crippen LogP contribution in [-0.2, 0) is 9.59 Å². The molecule has 84 valence electrons. The molecule has 5 heteroatoms. The van der Waals surface area contributed by atoms with Gasteiger partial charge in [-0.05, 0) is 12.8 Å². The fourth-order valence-electron chi connectivity index (χ4n) is 2.40. The summed E-state index contributed by atoms with van der Waals surface area (Å²) >= 11 is 0. The van der Waals surface area contributed by atoms with Gasteiger partial charge in [-0.1, -0.05) is 13.8 Å². The highest BCUT2D eigenvalue weighted by molar-refractivity contribution is 5.98. The molecule has 2 aliphatic heterocycles. The third-order valence-electron chi connectivity index (χ3n) is 3.29. The third-order valence-corrected chi connectivity index (χ3v) is 3.29. The summed E-state index contributed by atoms with van der Waals surface area (Å²) in [5.74, 6) is -0.413. The number of hydrogen-bond donors (Lipinski definition) is 2. The van der Waals surface area contributed by atoms with Gasteiger partial charge in [-0.2, -0.15) is 0 Å². The molecule has 0 radical (unpaired) electrons. The fourth-order valence-corrected chi connectivity index (χ4v) is 2.40. The molecule has 2 N–H and O–H groups in total. The van der Waals surface area contributed by atoms with Crippen LogP contribution in [0.25, 0.3) is 0 Å². The number of nitrogens with one attached hydrogen (secondary N) is 1. The number of carbonyl (C=O) groups excluding carboxylic acids is 2. The maximum atomic E-state index is 11.9. The van der Waals surface area contributed by atoms with Gasteiger partial charge >= 0.3 is 0 Å². The highest BCUT2D eigenvalue weighted by atomic mass is 16.3. The smallest absolute Gasteiger partial charge is 0.252 e. The molecule has 15 heavy (non-hydrogen) atoms. The maximum absolute atomic E-state index is 11.9. The zero-order valence-corrected chi connectivity index (χ0v) is 8.99. The Labute approximate surface area is 88.4 Å². The lowest BCUT2D eigenvalue weighted by Gasteiger charge is -2.48. The average Bonchev–Trinajstić information content (AvgIpc) is 2.63. The maximum Gasteiger partial charge on any atom is 0.252 e. The molecule has 2 heterocycles. The third kappa shape index (κ3) is 1.19. The molecule has 0 bridgehead atoms. The van der Waals surface area contributed by atoms with Crippen molar-refractivity contribution in [1.82, 2.24) is 10.2 Å². The summed E-state index contributed by atoms with van der Waals surface area (Å²) in [5, 5.41) is 12.0. The predicted molar refractivity (Wildman–Crippen MR) is 52.7 cm³/mol. The first-order valence-corrected chi connectivity index (χ1v) is 5.30. The van der Waals surface area contributed by atoms with E-state index in [-0.39, 0.29) is 17.7 Å². The SMILES string of the molecule is CC(C)C(=O)N1CCCC12C(=O)NC2O. The van der Waals surface area contributed by atoms with E-state index in [1.807, 2.05) is 0 Å². The number of likely N-dealkylation sites (tertiary alicyclic amines) is 1. The van der Waals surface area contributed by atoms with Crippen LogP contribution in [0.5, 0.6) is 0 Å². The molecule has 2 fully saturated rings. The molecule has 2 unspecified atom stereocenters. The zero-order chi connectivity index (χ0) is 11.2. The Balaban J connectivity index is 2.25. The Bertz CT molecular complexity index is 316. The number of rotatable bonds is 1. The number of hydrogen-bond acceptors (Lipinski definition) is 3. The van der Waals surface area contributed by atoms with Crippen molar-refractivity contribution in [3.63, 3.8) is 0 Å². The Kier molecular flexibility index (Phi) is 2.22. The van der Waals surface area contributed by atoms with Crippen LogP contribution in [0.1, 0.15) is 26.7 Å². The summed E-state index contributed by atoms with van der Waals surface area (Å²) < 4.78 is 0. The van der Waals surface area contributed by atoms with Crippen molar-refractivity contribution in [1.29, 1.82) is 0 Å². The second kappa shape index (κ2) is 3.20. The van der Waals surface area contributed by atoms with Crippen LogP contribution >= 0.6 is 0 Å². The van der Waals surface area contributed by atoms with Gasteiger partial charge in [0.1, 0.15) is 0 Å². The quantitative estimate of drug-likeness (QED) is 0.573. The first-order valence-electron chi connectivity index (χ1n) is 5.30. The first kappa shape index (κ1) is 10.4. The summed E-state index contributed by atoms with van der Waals surface area (Å²) in [6.45, 7) is 4.18. The number of amides is 2. The van der Waals surface area contributed by atoms with E-state index in [0.29, 0.717) is 13.0 Å². The number of nitrogens with zero attached hydrogens (tertiary/aromatic N) is 1. The summed E-state index contributed by atoms with van der Waals surface area (Å²) in [6, 6.07) is 0. The van der Waals surface area contributed by atoms with Gasteiger partial charge in [-0.25, -0.2) is 0 Å². The summed E-state index contributed by atoms with van der Waals surface area (Å²) in [5.41, 5.74) is -0.957. The lowest BCUT2D eigenvalue weighted by Crippen LogP contribution is -2.78. The highest BCUT2D eigenvalue weighted by Crippen LogP contribution is 2.38. The lowest BCUT2D eigenvalue weighted by molar-refractivity contribution is -0.174. The normalized spacial score (nSPS) is 34.5. The van der Waals surface area contributed by atoms with Gasteiger partial charge in [-0.15, -0.1) is 0 Å². The van der Waals surface area contributed by atoms with Crippen LogP contribution in [0, 0.1) is 5.92 Å². The largest absolute Gasteiger partial charge is 0.371 e. The minimum absolute atomic E-state index is 0.0543. The van der Waals surface area contributed by atoms with E-state index in [2.05, 4.69) is 5.32 Å². The second-order valence-corrected chi connectivity index (χ2v) is 4.55. The molecular formula is C10H16N2O3. The average molecular weight is 212 g/mol. The van der Waals surface area contributed by atoms with E-state index in [0.717, 1.165) is 6.42 Å². The van der Waals surface area contributed by atoms with Crippen molar-refractivity contribution in [3.8, 4) is 0 Å². The molecule has 2 saturated heterocycles. The highest BCUT2D eigenvalue weighted by Gasteiger charge is 2.62. The van der Waals surface area contributed by atoms with E-state index in [9.17, 15) is 14.7 Å². The number of β-lactam (4-membered cyclic amide) rings is 1. The van der Waals surface area contributed by atoms with Gasteiger partial charge in [0, 0.05) is 12.5 Å². The van der Waals surface area contributed by atoms with Crippen molar-refractivity contribution in [3.05, 3.63) is 0 Å². The summed E-state index contributed by atoms with van der Waals surface area (Å²) in [6.07, 6.45) is 0.455. The van der Waals surface area contributed by atoms with Crippen molar-refractivity contribution in [2.75, 3.05) is 6.54 Å². The fraction of sp³-hybridized carbons (Fsp3) is 0.800. The Morgan fingerprint density at radius 2 is 2.33 bits per heavy atom. The minimum atomic E-state index is -0.957. The van der Waals surface area contributed by atoms with E-state index < -0.39 is 11.8 Å². The van der Waals surface area contributed by atoms with Crippen molar-refractivity contribution in [2.24, 2.45) is 5.92 Å². The zero-order valence-electron chi connectivity index (χ0n) is 8.99. The van der Waals surface area contributed by atoms with E-state index in [1.165, 1.54) is 0 Å². The van der Waals surface area contributed by atoms with Crippen LogP contribution < -0.4 is 5.32 Å². The molecule has 2 amide bonds. The van der Waals surface area contributed by atoms with Gasteiger partial charge < -0.3 is 15.3 Å². The molecule has 0 aromatic heterocycles. The number of carbonyl (C=O) groups is 2.